The Labute approximate surface area is 177 Å². The van der Waals surface area contributed by atoms with E-state index in [0.717, 1.165) is 5.39 Å². The van der Waals surface area contributed by atoms with Gasteiger partial charge in [-0.15, -0.1) is 0 Å². The molecule has 0 saturated heterocycles. The van der Waals surface area contributed by atoms with Gasteiger partial charge in [0.25, 0.3) is 0 Å². The molecule has 31 heavy (non-hydrogen) atoms. The van der Waals surface area contributed by atoms with Gasteiger partial charge in [-0.1, -0.05) is 24.8 Å². The molecule has 0 spiro atoms. The van der Waals surface area contributed by atoms with Crippen molar-refractivity contribution in [3.8, 4) is 22.8 Å². The summed E-state index contributed by atoms with van der Waals surface area (Å²) in [6.45, 7) is 5.15. The van der Waals surface area contributed by atoms with Crippen LogP contribution in [0.15, 0.2) is 68.7 Å². The van der Waals surface area contributed by atoms with Crippen LogP contribution in [0.25, 0.3) is 33.3 Å². The van der Waals surface area contributed by atoms with Gasteiger partial charge in [-0.25, -0.2) is 9.59 Å². The van der Waals surface area contributed by atoms with Gasteiger partial charge in [-0.2, -0.15) is 0 Å². The van der Waals surface area contributed by atoms with E-state index < -0.39 is 11.6 Å². The number of para-hydroxylation sites is 1. The van der Waals surface area contributed by atoms with Crippen LogP contribution in [0.4, 0.5) is 0 Å². The zero-order valence-corrected chi connectivity index (χ0v) is 17.1. The quantitative estimate of drug-likeness (QED) is 0.245. The predicted octanol–water partition coefficient (Wildman–Crippen LogP) is 4.63. The van der Waals surface area contributed by atoms with E-state index in [0.29, 0.717) is 44.9 Å². The maximum Gasteiger partial charge on any atom is 0.344 e. The van der Waals surface area contributed by atoms with Gasteiger partial charge < -0.3 is 23.0 Å². The number of carbonyl (C=O) groups is 1. The minimum atomic E-state index is -0.511. The average Bonchev–Trinajstić information content (AvgIpc) is 3.20. The summed E-state index contributed by atoms with van der Waals surface area (Å²) in [4.78, 5) is 24.0. The Kier molecular flexibility index (Phi) is 5.49. The Morgan fingerprint density at radius 3 is 2.74 bits per heavy atom. The third kappa shape index (κ3) is 4.02. The van der Waals surface area contributed by atoms with Crippen molar-refractivity contribution in [2.75, 3.05) is 20.3 Å². The molecule has 0 atom stereocenters. The lowest BCUT2D eigenvalue weighted by molar-refractivity contribution is -0.144. The van der Waals surface area contributed by atoms with E-state index in [1.807, 2.05) is 18.2 Å². The van der Waals surface area contributed by atoms with Crippen molar-refractivity contribution in [2.24, 2.45) is 0 Å². The van der Waals surface area contributed by atoms with Gasteiger partial charge in [-0.3, -0.25) is 0 Å². The summed E-state index contributed by atoms with van der Waals surface area (Å²) in [5.74, 6) is 1.03. The molecule has 2 heterocycles. The van der Waals surface area contributed by atoms with Gasteiger partial charge in [0.05, 0.1) is 7.11 Å². The number of ether oxygens (including phenoxy) is 3. The zero-order chi connectivity index (χ0) is 22.0. The van der Waals surface area contributed by atoms with Crippen LogP contribution in [0.5, 0.6) is 11.5 Å². The number of esters is 1. The summed E-state index contributed by atoms with van der Waals surface area (Å²) in [6.07, 6.45) is 1.48. The van der Waals surface area contributed by atoms with Gasteiger partial charge in [0, 0.05) is 22.4 Å². The third-order valence-electron chi connectivity index (χ3n) is 4.74. The summed E-state index contributed by atoms with van der Waals surface area (Å²) in [5.41, 5.74) is 1.71. The van der Waals surface area contributed by atoms with Crippen LogP contribution < -0.4 is 15.1 Å². The number of fused-ring (bicyclic) bond motifs is 2. The van der Waals surface area contributed by atoms with Crippen LogP contribution in [0.2, 0.25) is 0 Å². The molecule has 0 N–H and O–H groups in total. The Morgan fingerprint density at radius 2 is 1.97 bits per heavy atom. The molecular weight excluding hydrogens is 400 g/mol. The molecule has 7 heteroatoms. The highest BCUT2D eigenvalue weighted by Gasteiger charge is 2.17. The van der Waals surface area contributed by atoms with E-state index in [9.17, 15) is 9.59 Å². The molecule has 4 rings (SSSR count). The normalized spacial score (nSPS) is 10.9. The second kappa shape index (κ2) is 8.39. The first-order chi connectivity index (χ1) is 15.0. The van der Waals surface area contributed by atoms with Crippen LogP contribution in [0.3, 0.4) is 0 Å². The van der Waals surface area contributed by atoms with Gasteiger partial charge >= 0.3 is 11.6 Å². The second-order valence-electron chi connectivity index (χ2n) is 6.84. The summed E-state index contributed by atoms with van der Waals surface area (Å²) in [6, 6.07) is 12.2. The van der Waals surface area contributed by atoms with Crippen molar-refractivity contribution < 1.29 is 27.8 Å². The summed E-state index contributed by atoms with van der Waals surface area (Å²) >= 11 is 0. The fourth-order valence-corrected chi connectivity index (χ4v) is 3.31. The first-order valence-corrected chi connectivity index (χ1v) is 9.55. The van der Waals surface area contributed by atoms with Crippen molar-refractivity contribution in [3.05, 3.63) is 71.1 Å². The molecule has 0 aliphatic carbocycles. The number of carbonyl (C=O) groups excluding carboxylic acids is 1. The van der Waals surface area contributed by atoms with Gasteiger partial charge in [-0.05, 0) is 36.8 Å². The molecule has 0 radical (unpaired) electrons. The van der Waals surface area contributed by atoms with E-state index in [1.54, 1.807) is 32.2 Å². The monoisotopic (exact) mass is 420 g/mol. The van der Waals surface area contributed by atoms with Crippen molar-refractivity contribution in [1.29, 1.82) is 0 Å². The highest BCUT2D eigenvalue weighted by Crippen LogP contribution is 2.37. The van der Waals surface area contributed by atoms with Crippen molar-refractivity contribution in [1.82, 2.24) is 0 Å². The van der Waals surface area contributed by atoms with Crippen LogP contribution in [0, 0.1) is 6.92 Å². The molecule has 0 aliphatic heterocycles. The van der Waals surface area contributed by atoms with Gasteiger partial charge in [0.1, 0.15) is 23.7 Å². The Hall–Kier alpha value is -4.00. The SMILES string of the molecule is C=CCOC(=O)COc1cc2c(-c3cc4cccc(OC)c4o3)cc(=O)oc2cc1C. The van der Waals surface area contributed by atoms with Gasteiger partial charge in [0.2, 0.25) is 0 Å². The Bertz CT molecular complexity index is 1340. The Morgan fingerprint density at radius 1 is 1.13 bits per heavy atom. The number of furan rings is 1. The molecule has 4 aromatic rings. The maximum atomic E-state index is 12.2. The molecule has 2 aromatic carbocycles. The number of rotatable bonds is 7. The van der Waals surface area contributed by atoms with Crippen molar-refractivity contribution >= 4 is 27.9 Å². The number of benzene rings is 2. The zero-order valence-electron chi connectivity index (χ0n) is 17.1. The molecule has 158 valence electrons. The van der Waals surface area contributed by atoms with E-state index >= 15 is 0 Å². The first-order valence-electron chi connectivity index (χ1n) is 9.55. The van der Waals surface area contributed by atoms with Crippen LogP contribution in [-0.2, 0) is 9.53 Å². The molecule has 0 amide bonds. The average molecular weight is 420 g/mol. The molecule has 0 aliphatic rings. The molecule has 0 bridgehead atoms. The molecular formula is C24H20O7. The minimum Gasteiger partial charge on any atom is -0.493 e. The smallest absolute Gasteiger partial charge is 0.344 e. The standard InChI is InChI=1S/C24H20O7/c1-4-8-28-23(26)13-29-19-11-16-17(12-22(25)30-20(16)9-14(19)2)21-10-15-6-5-7-18(27-3)24(15)31-21/h4-7,9-12H,1,8,13H2,2-3H3. The fourth-order valence-electron chi connectivity index (χ4n) is 3.31. The van der Waals surface area contributed by atoms with Crippen LogP contribution in [0.1, 0.15) is 5.56 Å². The van der Waals surface area contributed by atoms with Crippen LogP contribution in [-0.4, -0.2) is 26.3 Å². The predicted molar refractivity (Wildman–Crippen MR) is 116 cm³/mol. The molecule has 7 nitrogen and oxygen atoms in total. The maximum absolute atomic E-state index is 12.2. The number of methoxy groups -OCH3 is 1. The van der Waals surface area contributed by atoms with Crippen molar-refractivity contribution in [2.45, 2.75) is 6.92 Å². The van der Waals surface area contributed by atoms with E-state index in [2.05, 4.69) is 6.58 Å². The van der Waals surface area contributed by atoms with Crippen molar-refractivity contribution in [3.63, 3.8) is 0 Å². The lowest BCUT2D eigenvalue weighted by Gasteiger charge is -2.11. The van der Waals surface area contributed by atoms with E-state index in [4.69, 9.17) is 23.0 Å². The second-order valence-corrected chi connectivity index (χ2v) is 6.84. The number of aryl methyl sites for hydroxylation is 1. The fraction of sp³-hybridized carbons (Fsp3) is 0.167. The topological polar surface area (TPSA) is 88.1 Å². The first kappa shape index (κ1) is 20.3. The summed E-state index contributed by atoms with van der Waals surface area (Å²) in [5, 5.41) is 1.45. The Balaban J connectivity index is 1.79. The lowest BCUT2D eigenvalue weighted by atomic mass is 10.0. The van der Waals surface area contributed by atoms with Crippen LogP contribution >= 0.6 is 0 Å². The summed E-state index contributed by atoms with van der Waals surface area (Å²) < 4.78 is 27.3. The van der Waals surface area contributed by atoms with E-state index in [1.165, 1.54) is 12.1 Å². The molecule has 0 saturated carbocycles. The highest BCUT2D eigenvalue weighted by molar-refractivity contribution is 5.96. The van der Waals surface area contributed by atoms with E-state index in [-0.39, 0.29) is 13.2 Å². The molecule has 0 unspecified atom stereocenters. The molecule has 2 aromatic heterocycles. The third-order valence-corrected chi connectivity index (χ3v) is 4.74. The minimum absolute atomic E-state index is 0.115. The summed E-state index contributed by atoms with van der Waals surface area (Å²) in [7, 11) is 1.57. The highest BCUT2D eigenvalue weighted by atomic mass is 16.6. The molecule has 0 fully saturated rings. The number of hydrogen-bond donors (Lipinski definition) is 0. The largest absolute Gasteiger partial charge is 0.493 e. The van der Waals surface area contributed by atoms with Gasteiger partial charge in [0.15, 0.2) is 17.9 Å². The number of hydrogen-bond acceptors (Lipinski definition) is 7. The lowest BCUT2D eigenvalue weighted by Crippen LogP contribution is -2.15.